The highest BCUT2D eigenvalue weighted by atomic mass is 16.2. The van der Waals surface area contributed by atoms with E-state index < -0.39 is 5.54 Å². The molecule has 19 heavy (non-hydrogen) atoms. The molecule has 6 nitrogen and oxygen atoms in total. The number of primary amides is 1. The van der Waals surface area contributed by atoms with Gasteiger partial charge >= 0.3 is 0 Å². The maximum Gasteiger partial charge on any atom is 0.242 e. The summed E-state index contributed by atoms with van der Waals surface area (Å²) in [6.07, 6.45) is 2.87. The fourth-order valence-electron chi connectivity index (χ4n) is 2.98. The van der Waals surface area contributed by atoms with Crippen LogP contribution in [0.25, 0.3) is 0 Å². The fraction of sp³-hybridized carbons (Fsp3) is 0.846. The lowest BCUT2D eigenvalue weighted by molar-refractivity contribution is -0.137. The van der Waals surface area contributed by atoms with Gasteiger partial charge in [0.25, 0.3) is 0 Å². The van der Waals surface area contributed by atoms with Gasteiger partial charge in [-0.2, -0.15) is 0 Å². The molecule has 2 rings (SSSR count). The minimum absolute atomic E-state index is 0.200. The number of nitrogens with two attached hydrogens (primary N) is 1. The van der Waals surface area contributed by atoms with E-state index in [2.05, 4.69) is 5.32 Å². The molecule has 2 aliphatic rings. The molecule has 0 spiro atoms. The Bertz CT molecular complexity index is 353. The first kappa shape index (κ1) is 14.3. The van der Waals surface area contributed by atoms with Crippen molar-refractivity contribution in [3.63, 3.8) is 0 Å². The number of hydrogen-bond acceptors (Lipinski definition) is 4. The van der Waals surface area contributed by atoms with Gasteiger partial charge in [-0.25, -0.2) is 0 Å². The molecule has 2 heterocycles. The van der Waals surface area contributed by atoms with Crippen LogP contribution in [-0.4, -0.2) is 66.4 Å². The van der Waals surface area contributed by atoms with Gasteiger partial charge in [0.2, 0.25) is 11.8 Å². The predicted molar refractivity (Wildman–Crippen MR) is 72.5 cm³/mol. The quantitative estimate of drug-likeness (QED) is 0.699. The van der Waals surface area contributed by atoms with Crippen LogP contribution in [0.15, 0.2) is 0 Å². The van der Waals surface area contributed by atoms with Crippen molar-refractivity contribution in [2.24, 2.45) is 5.73 Å². The number of carbonyl (C=O) groups excluding carboxylic acids is 2. The number of carbonyl (C=O) groups is 2. The summed E-state index contributed by atoms with van der Waals surface area (Å²) in [5.41, 5.74) is 4.83. The number of rotatable bonds is 3. The van der Waals surface area contributed by atoms with E-state index in [1.54, 1.807) is 0 Å². The molecule has 0 saturated carbocycles. The van der Waals surface area contributed by atoms with E-state index in [4.69, 9.17) is 5.73 Å². The zero-order valence-corrected chi connectivity index (χ0v) is 11.7. The Balaban J connectivity index is 1.91. The molecule has 0 bridgehead atoms. The second-order valence-corrected chi connectivity index (χ2v) is 5.75. The van der Waals surface area contributed by atoms with Crippen molar-refractivity contribution >= 4 is 11.8 Å². The van der Waals surface area contributed by atoms with Gasteiger partial charge in [-0.1, -0.05) is 0 Å². The second kappa shape index (κ2) is 5.88. The summed E-state index contributed by atoms with van der Waals surface area (Å²) in [4.78, 5) is 27.5. The summed E-state index contributed by atoms with van der Waals surface area (Å²) in [7, 11) is 0. The monoisotopic (exact) mass is 268 g/mol. The zero-order chi connectivity index (χ0) is 13.9. The Morgan fingerprint density at radius 1 is 1.21 bits per heavy atom. The highest BCUT2D eigenvalue weighted by Gasteiger charge is 2.39. The van der Waals surface area contributed by atoms with Gasteiger partial charge in [-0.3, -0.25) is 14.5 Å². The van der Waals surface area contributed by atoms with Crippen molar-refractivity contribution in [3.8, 4) is 0 Å². The first-order valence-electron chi connectivity index (χ1n) is 7.06. The van der Waals surface area contributed by atoms with Gasteiger partial charge in [0.05, 0.1) is 12.1 Å². The van der Waals surface area contributed by atoms with E-state index in [0.29, 0.717) is 6.54 Å². The maximum atomic E-state index is 12.6. The van der Waals surface area contributed by atoms with Gasteiger partial charge in [0.15, 0.2) is 0 Å². The number of amides is 2. The average molecular weight is 268 g/mol. The van der Waals surface area contributed by atoms with E-state index in [1.165, 1.54) is 0 Å². The Morgan fingerprint density at radius 3 is 2.63 bits per heavy atom. The molecule has 2 fully saturated rings. The lowest BCUT2D eigenvalue weighted by Gasteiger charge is -2.31. The normalized spacial score (nSPS) is 29.2. The summed E-state index contributed by atoms with van der Waals surface area (Å²) >= 11 is 0. The molecular weight excluding hydrogens is 244 g/mol. The highest BCUT2D eigenvalue weighted by Crippen LogP contribution is 2.22. The predicted octanol–water partition coefficient (Wildman–Crippen LogP) is -0.852. The van der Waals surface area contributed by atoms with Crippen LogP contribution in [0.1, 0.15) is 26.2 Å². The molecule has 0 radical (unpaired) electrons. The van der Waals surface area contributed by atoms with Crippen molar-refractivity contribution < 1.29 is 9.59 Å². The summed E-state index contributed by atoms with van der Waals surface area (Å²) in [6, 6.07) is 0. The van der Waals surface area contributed by atoms with E-state index in [-0.39, 0.29) is 18.4 Å². The number of nitrogens with one attached hydrogen (secondary N) is 1. The summed E-state index contributed by atoms with van der Waals surface area (Å²) in [5, 5.41) is 3.31. The molecule has 2 aliphatic heterocycles. The molecule has 2 amide bonds. The van der Waals surface area contributed by atoms with Gasteiger partial charge in [0, 0.05) is 26.2 Å². The van der Waals surface area contributed by atoms with Crippen molar-refractivity contribution in [2.45, 2.75) is 31.7 Å². The Labute approximate surface area is 114 Å². The van der Waals surface area contributed by atoms with E-state index in [9.17, 15) is 9.59 Å². The van der Waals surface area contributed by atoms with Crippen LogP contribution in [0, 0.1) is 0 Å². The Kier molecular flexibility index (Phi) is 4.42. The summed E-state index contributed by atoms with van der Waals surface area (Å²) in [6.45, 7) is 6.21. The Morgan fingerprint density at radius 2 is 2.00 bits per heavy atom. The number of hydrogen-bond donors (Lipinski definition) is 2. The van der Waals surface area contributed by atoms with Crippen LogP contribution in [0.2, 0.25) is 0 Å². The largest absolute Gasteiger partial charge is 0.369 e. The maximum absolute atomic E-state index is 12.6. The fourth-order valence-corrected chi connectivity index (χ4v) is 2.98. The third-order valence-corrected chi connectivity index (χ3v) is 4.10. The van der Waals surface area contributed by atoms with E-state index in [0.717, 1.165) is 45.4 Å². The van der Waals surface area contributed by atoms with Crippen LogP contribution in [0.5, 0.6) is 0 Å². The van der Waals surface area contributed by atoms with Gasteiger partial charge < -0.3 is 16.0 Å². The van der Waals surface area contributed by atoms with Crippen molar-refractivity contribution in [2.75, 3.05) is 39.3 Å². The SMILES string of the molecule is CC1(C(=O)N2CCCN(CC(N)=O)CC2)CCCN1. The molecule has 0 aromatic carbocycles. The molecule has 1 unspecified atom stereocenters. The lowest BCUT2D eigenvalue weighted by Crippen LogP contribution is -2.53. The van der Waals surface area contributed by atoms with Crippen molar-refractivity contribution in [1.82, 2.24) is 15.1 Å². The first-order chi connectivity index (χ1) is 9.01. The summed E-state index contributed by atoms with van der Waals surface area (Å²) in [5.74, 6) is -0.102. The minimum Gasteiger partial charge on any atom is -0.369 e. The van der Waals surface area contributed by atoms with Crippen molar-refractivity contribution in [1.29, 1.82) is 0 Å². The Hall–Kier alpha value is -1.14. The summed E-state index contributed by atoms with van der Waals surface area (Å²) < 4.78 is 0. The molecule has 0 aliphatic carbocycles. The standard InChI is InChI=1S/C13H24N4O2/c1-13(4-2-5-15-13)12(19)17-7-3-6-16(8-9-17)10-11(14)18/h15H,2-10H2,1H3,(H2,14,18). The molecule has 6 heteroatoms. The van der Waals surface area contributed by atoms with Crippen LogP contribution >= 0.6 is 0 Å². The van der Waals surface area contributed by atoms with Gasteiger partial charge in [0.1, 0.15) is 0 Å². The molecule has 0 aromatic heterocycles. The number of nitrogens with zero attached hydrogens (tertiary/aromatic N) is 2. The highest BCUT2D eigenvalue weighted by molar-refractivity contribution is 5.86. The molecule has 2 saturated heterocycles. The van der Waals surface area contributed by atoms with Crippen LogP contribution in [0.4, 0.5) is 0 Å². The second-order valence-electron chi connectivity index (χ2n) is 5.75. The van der Waals surface area contributed by atoms with Gasteiger partial charge in [-0.05, 0) is 32.7 Å². The smallest absolute Gasteiger partial charge is 0.242 e. The molecule has 3 N–H and O–H groups in total. The third-order valence-electron chi connectivity index (χ3n) is 4.10. The van der Waals surface area contributed by atoms with E-state index >= 15 is 0 Å². The topological polar surface area (TPSA) is 78.7 Å². The minimum atomic E-state index is -0.390. The first-order valence-corrected chi connectivity index (χ1v) is 7.06. The van der Waals surface area contributed by atoms with Crippen LogP contribution in [-0.2, 0) is 9.59 Å². The molecule has 108 valence electrons. The van der Waals surface area contributed by atoms with Crippen LogP contribution in [0.3, 0.4) is 0 Å². The van der Waals surface area contributed by atoms with Crippen molar-refractivity contribution in [3.05, 3.63) is 0 Å². The van der Waals surface area contributed by atoms with Crippen LogP contribution < -0.4 is 11.1 Å². The third kappa shape index (κ3) is 3.45. The average Bonchev–Trinajstić information content (AvgIpc) is 2.67. The van der Waals surface area contributed by atoms with E-state index in [1.807, 2.05) is 16.7 Å². The molecule has 1 atom stereocenters. The lowest BCUT2D eigenvalue weighted by atomic mass is 9.98. The molecule has 0 aromatic rings. The molecular formula is C13H24N4O2. The zero-order valence-electron chi connectivity index (χ0n) is 11.7. The van der Waals surface area contributed by atoms with Gasteiger partial charge in [-0.15, -0.1) is 0 Å².